The van der Waals surface area contributed by atoms with Crippen molar-refractivity contribution in [2.75, 3.05) is 11.6 Å². The van der Waals surface area contributed by atoms with Gasteiger partial charge in [0.1, 0.15) is 10.8 Å². The average Bonchev–Trinajstić information content (AvgIpc) is 3.02. The minimum absolute atomic E-state index is 0.292. The van der Waals surface area contributed by atoms with Crippen molar-refractivity contribution in [3.63, 3.8) is 0 Å². The molecule has 0 saturated heterocycles. The summed E-state index contributed by atoms with van der Waals surface area (Å²) in [7, 11) is 0. The van der Waals surface area contributed by atoms with Gasteiger partial charge in [0, 0.05) is 18.8 Å². The number of halogens is 1. The number of anilines is 1. The molecule has 122 valence electrons. The summed E-state index contributed by atoms with van der Waals surface area (Å²) < 4.78 is 13.2. The lowest BCUT2D eigenvalue weighted by molar-refractivity contribution is 0.102. The molecule has 9 heteroatoms. The lowest BCUT2D eigenvalue weighted by Gasteiger charge is -2.00. The van der Waals surface area contributed by atoms with E-state index in [1.165, 1.54) is 47.6 Å². The number of hydrogen-bond donors (Lipinski definition) is 1. The molecule has 0 radical (unpaired) electrons. The third-order valence-electron chi connectivity index (χ3n) is 3.00. The molecule has 0 bridgehead atoms. The van der Waals surface area contributed by atoms with E-state index in [0.717, 1.165) is 5.56 Å². The largest absolute Gasteiger partial charge is 0.296 e. The zero-order valence-corrected chi connectivity index (χ0v) is 14.2. The summed E-state index contributed by atoms with van der Waals surface area (Å²) >= 11 is 2.64. The molecule has 6 nitrogen and oxygen atoms in total. The van der Waals surface area contributed by atoms with E-state index < -0.39 is 0 Å². The molecule has 1 N–H and O–H groups in total. The quantitative estimate of drug-likeness (QED) is 0.556. The van der Waals surface area contributed by atoms with Crippen LogP contribution >= 0.6 is 23.1 Å². The number of nitrogens with zero attached hydrogens (tertiary/aromatic N) is 4. The summed E-state index contributed by atoms with van der Waals surface area (Å²) in [5.41, 5.74) is 1.14. The smallest absolute Gasteiger partial charge is 0.260 e. The number of hydrogen-bond acceptors (Lipinski definition) is 7. The van der Waals surface area contributed by atoms with Crippen molar-refractivity contribution in [2.45, 2.75) is 11.6 Å². The van der Waals surface area contributed by atoms with E-state index >= 15 is 0 Å². The molecule has 3 aromatic rings. The second kappa shape index (κ2) is 7.45. The van der Waals surface area contributed by atoms with Crippen molar-refractivity contribution in [1.29, 1.82) is 0 Å². The Balaban J connectivity index is 1.65. The maximum absolute atomic E-state index is 13.2. The molecular weight excluding hydrogens is 349 g/mol. The first-order valence-electron chi connectivity index (χ1n) is 6.88. The van der Waals surface area contributed by atoms with Crippen LogP contribution in [0.1, 0.15) is 20.9 Å². The predicted molar refractivity (Wildman–Crippen MR) is 90.9 cm³/mol. The fourth-order valence-corrected chi connectivity index (χ4v) is 2.99. The lowest BCUT2D eigenvalue weighted by atomic mass is 10.1. The van der Waals surface area contributed by atoms with Gasteiger partial charge in [-0.05, 0) is 24.0 Å². The lowest BCUT2D eigenvalue weighted by Crippen LogP contribution is -2.12. The zero-order chi connectivity index (χ0) is 16.9. The molecule has 0 spiro atoms. The summed E-state index contributed by atoms with van der Waals surface area (Å²) in [5, 5.41) is 12.3. The molecule has 0 unspecified atom stereocenters. The van der Waals surface area contributed by atoms with Crippen molar-refractivity contribution in [1.82, 2.24) is 20.2 Å². The highest BCUT2D eigenvalue weighted by atomic mass is 32.2. The second-order valence-corrected chi connectivity index (χ2v) is 6.56. The van der Waals surface area contributed by atoms with Crippen molar-refractivity contribution < 1.29 is 9.18 Å². The molecule has 1 aromatic carbocycles. The Hall–Kier alpha value is -2.39. The molecule has 0 saturated carbocycles. The fraction of sp³-hybridized carbons (Fsp3) is 0.133. The molecule has 0 fully saturated rings. The Morgan fingerprint density at radius 2 is 2.08 bits per heavy atom. The summed E-state index contributed by atoms with van der Waals surface area (Å²) in [5.74, 6) is -0.643. The maximum Gasteiger partial charge on any atom is 0.260 e. The number of carbonyl (C=O) groups is 1. The van der Waals surface area contributed by atoms with Gasteiger partial charge in [-0.2, -0.15) is 0 Å². The van der Waals surface area contributed by atoms with Crippen LogP contribution in [0.5, 0.6) is 0 Å². The van der Waals surface area contributed by atoms with Gasteiger partial charge in [-0.3, -0.25) is 10.1 Å². The molecule has 2 heterocycles. The van der Waals surface area contributed by atoms with E-state index in [9.17, 15) is 9.18 Å². The SMILES string of the molecule is CSc1ncc(C(=O)Nc2nnc(Cc3cccc(F)c3)s2)cn1. The van der Waals surface area contributed by atoms with Crippen LogP contribution < -0.4 is 5.32 Å². The Morgan fingerprint density at radius 1 is 1.29 bits per heavy atom. The van der Waals surface area contributed by atoms with Gasteiger partial charge in [0.05, 0.1) is 5.56 Å². The van der Waals surface area contributed by atoms with Crippen molar-refractivity contribution in [2.24, 2.45) is 0 Å². The van der Waals surface area contributed by atoms with Gasteiger partial charge in [-0.25, -0.2) is 14.4 Å². The Bertz CT molecular complexity index is 853. The first-order valence-corrected chi connectivity index (χ1v) is 8.92. The number of aromatic nitrogens is 4. The van der Waals surface area contributed by atoms with Crippen molar-refractivity contribution in [3.05, 3.63) is 58.6 Å². The summed E-state index contributed by atoms with van der Waals surface area (Å²) in [6.07, 6.45) is 5.24. The number of amides is 1. The van der Waals surface area contributed by atoms with Gasteiger partial charge in [-0.1, -0.05) is 35.2 Å². The van der Waals surface area contributed by atoms with E-state index in [2.05, 4.69) is 25.5 Å². The van der Waals surface area contributed by atoms with Crippen molar-refractivity contribution in [3.8, 4) is 0 Å². The van der Waals surface area contributed by atoms with Gasteiger partial charge >= 0.3 is 0 Å². The van der Waals surface area contributed by atoms with Crippen LogP contribution in [0.4, 0.5) is 9.52 Å². The van der Waals surface area contributed by atoms with E-state index in [0.29, 0.717) is 27.3 Å². The van der Waals surface area contributed by atoms with Gasteiger partial charge in [-0.15, -0.1) is 10.2 Å². The summed E-state index contributed by atoms with van der Waals surface area (Å²) in [6.45, 7) is 0. The molecular formula is C15H12FN5OS2. The topological polar surface area (TPSA) is 80.7 Å². The third kappa shape index (κ3) is 4.12. The maximum atomic E-state index is 13.2. The van der Waals surface area contributed by atoms with Crippen molar-refractivity contribution >= 4 is 34.1 Å². The van der Waals surface area contributed by atoms with Crippen LogP contribution in [0.2, 0.25) is 0 Å². The summed E-state index contributed by atoms with van der Waals surface area (Å²) in [6, 6.07) is 6.30. The number of nitrogens with one attached hydrogen (secondary N) is 1. The van der Waals surface area contributed by atoms with Gasteiger partial charge < -0.3 is 0 Å². The first kappa shape index (κ1) is 16.5. The Morgan fingerprint density at radius 3 is 2.79 bits per heavy atom. The number of carbonyl (C=O) groups excluding carboxylic acids is 1. The van der Waals surface area contributed by atoms with E-state index in [-0.39, 0.29) is 11.7 Å². The molecule has 1 amide bonds. The van der Waals surface area contributed by atoms with Crippen LogP contribution in [0.15, 0.2) is 41.8 Å². The molecule has 0 atom stereocenters. The summed E-state index contributed by atoms with van der Waals surface area (Å²) in [4.78, 5) is 20.2. The van der Waals surface area contributed by atoms with E-state index in [4.69, 9.17) is 0 Å². The molecule has 0 aliphatic carbocycles. The van der Waals surface area contributed by atoms with Gasteiger partial charge in [0.15, 0.2) is 5.16 Å². The fourth-order valence-electron chi connectivity index (χ4n) is 1.91. The van der Waals surface area contributed by atoms with Crippen LogP contribution in [-0.2, 0) is 6.42 Å². The molecule has 0 aliphatic heterocycles. The van der Waals surface area contributed by atoms with E-state index in [1.54, 1.807) is 6.07 Å². The molecule has 3 rings (SSSR count). The van der Waals surface area contributed by atoms with E-state index in [1.807, 2.05) is 12.3 Å². The standard InChI is InChI=1S/C15H12FN5OS2/c1-23-14-17-7-10(8-18-14)13(22)19-15-21-20-12(24-15)6-9-3-2-4-11(16)5-9/h2-5,7-8H,6H2,1H3,(H,19,21,22). The van der Waals surface area contributed by atoms with Gasteiger partial charge in [0.2, 0.25) is 5.13 Å². The Labute approximate surface area is 145 Å². The van der Waals surface area contributed by atoms with Crippen LogP contribution in [0.3, 0.4) is 0 Å². The normalized spacial score (nSPS) is 10.6. The van der Waals surface area contributed by atoms with Crippen LogP contribution in [0, 0.1) is 5.82 Å². The predicted octanol–water partition coefficient (Wildman–Crippen LogP) is 3.03. The van der Waals surface area contributed by atoms with Crippen LogP contribution in [0.25, 0.3) is 0 Å². The number of rotatable bonds is 5. The number of benzene rings is 1. The van der Waals surface area contributed by atoms with Crippen LogP contribution in [-0.4, -0.2) is 32.3 Å². The zero-order valence-electron chi connectivity index (χ0n) is 12.6. The monoisotopic (exact) mass is 361 g/mol. The number of thioether (sulfide) groups is 1. The minimum Gasteiger partial charge on any atom is -0.296 e. The highest BCUT2D eigenvalue weighted by Gasteiger charge is 2.12. The highest BCUT2D eigenvalue weighted by molar-refractivity contribution is 7.98. The molecule has 0 aliphatic rings. The first-order chi connectivity index (χ1) is 11.6. The third-order valence-corrected chi connectivity index (χ3v) is 4.42. The van der Waals surface area contributed by atoms with Gasteiger partial charge in [0.25, 0.3) is 5.91 Å². The average molecular weight is 361 g/mol. The minimum atomic E-state index is -0.351. The molecule has 24 heavy (non-hydrogen) atoms. The highest BCUT2D eigenvalue weighted by Crippen LogP contribution is 2.19. The second-order valence-electron chi connectivity index (χ2n) is 4.72. The molecule has 2 aromatic heterocycles. The Kier molecular flexibility index (Phi) is 5.11.